The van der Waals surface area contributed by atoms with E-state index >= 15 is 4.39 Å². The van der Waals surface area contributed by atoms with Crippen LogP contribution >= 0.6 is 0 Å². The van der Waals surface area contributed by atoms with E-state index in [1.165, 1.54) is 19.0 Å². The molecule has 216 valence electrons. The maximum absolute atomic E-state index is 15.1. The van der Waals surface area contributed by atoms with Gasteiger partial charge in [-0.05, 0) is 50.3 Å². The quantitative estimate of drug-likeness (QED) is 0.231. The molecule has 0 heterocycles. The zero-order valence-corrected chi connectivity index (χ0v) is 23.0. The van der Waals surface area contributed by atoms with Gasteiger partial charge in [-0.2, -0.15) is 0 Å². The van der Waals surface area contributed by atoms with Gasteiger partial charge < -0.3 is 31.5 Å². The molecule has 3 aliphatic carbocycles. The summed E-state index contributed by atoms with van der Waals surface area (Å²) in [5.74, 6) is -9.62. The second-order valence-electron chi connectivity index (χ2n) is 12.2. The average molecular weight is 560 g/mol. The molecule has 40 heavy (non-hydrogen) atoms. The van der Waals surface area contributed by atoms with Gasteiger partial charge in [-0.1, -0.05) is 20.8 Å². The number of hydrogen-bond acceptors (Lipinski definition) is 9. The number of likely N-dealkylation sites (N-methyl/N-ethyl adjacent to an activating group) is 1. The summed E-state index contributed by atoms with van der Waals surface area (Å²) < 4.78 is 15.1. The molecular weight excluding hydrogens is 525 g/mol. The number of rotatable bonds is 5. The lowest BCUT2D eigenvalue weighted by Crippen LogP contribution is -2.65. The van der Waals surface area contributed by atoms with Crippen molar-refractivity contribution < 1.29 is 44.0 Å². The van der Waals surface area contributed by atoms with Gasteiger partial charge in [0, 0.05) is 24.0 Å². The van der Waals surface area contributed by atoms with Crippen molar-refractivity contribution in [1.29, 1.82) is 0 Å². The van der Waals surface area contributed by atoms with E-state index in [1.54, 1.807) is 0 Å². The predicted molar refractivity (Wildman–Crippen MR) is 142 cm³/mol. The van der Waals surface area contributed by atoms with Crippen LogP contribution in [0.2, 0.25) is 0 Å². The van der Waals surface area contributed by atoms with Crippen LogP contribution in [0.4, 0.5) is 10.1 Å². The fourth-order valence-electron chi connectivity index (χ4n) is 6.11. The minimum absolute atomic E-state index is 0.0484. The number of aliphatic hydroxyl groups is 3. The monoisotopic (exact) mass is 559 g/mol. The normalized spacial score (nSPS) is 26.4. The van der Waals surface area contributed by atoms with E-state index in [2.05, 4.69) is 5.32 Å². The third-order valence-corrected chi connectivity index (χ3v) is 8.04. The number of carbonyl (C=O) groups excluding carboxylic acids is 4. The molecule has 1 saturated carbocycles. The Balaban J connectivity index is 1.87. The molecule has 0 saturated heterocycles. The summed E-state index contributed by atoms with van der Waals surface area (Å²) in [5.41, 5.74) is 0.597. The molecule has 1 aromatic carbocycles. The van der Waals surface area contributed by atoms with E-state index in [-0.39, 0.29) is 47.1 Å². The number of primary amides is 1. The summed E-state index contributed by atoms with van der Waals surface area (Å²) in [6.45, 7) is 5.85. The number of fused-ring (bicyclic) bond motifs is 3. The topological polar surface area (TPSA) is 190 Å². The third kappa shape index (κ3) is 4.44. The van der Waals surface area contributed by atoms with Gasteiger partial charge in [0.05, 0.1) is 17.3 Å². The highest BCUT2D eigenvalue weighted by molar-refractivity contribution is 6.24. The molecular formula is C28H34FN3O8. The lowest BCUT2D eigenvalue weighted by molar-refractivity contribution is -0.153. The van der Waals surface area contributed by atoms with E-state index in [9.17, 15) is 39.6 Å². The highest BCUT2D eigenvalue weighted by Crippen LogP contribution is 2.53. The number of phenols is 1. The van der Waals surface area contributed by atoms with Crippen LogP contribution in [0.3, 0.4) is 0 Å². The first-order valence-corrected chi connectivity index (χ1v) is 12.9. The molecule has 0 aliphatic heterocycles. The second kappa shape index (κ2) is 9.70. The fourth-order valence-corrected chi connectivity index (χ4v) is 6.11. The molecule has 11 nitrogen and oxygen atoms in total. The second-order valence-corrected chi connectivity index (χ2v) is 12.2. The summed E-state index contributed by atoms with van der Waals surface area (Å²) in [5, 5.41) is 46.9. The molecule has 1 fully saturated rings. The minimum atomic E-state index is -2.77. The number of aliphatic hydroxyl groups excluding tert-OH is 2. The standard InChI is InChI=1S/C28H34FN3O8/c1-27(2,3)7-6-16(34)31-20-12-8-11-9-13-21(32(4)5)23(36)19(26(30)39)25(38)28(13,40)24(37)17(11)22(35)18(12)15(33)10-14(20)29/h10-11,13,21,33,35,38,40H,6-9H2,1-5H3,(H2,30,39)(H,31,34)/t11-,13-,21-,28-/m0/s1. The first-order chi connectivity index (χ1) is 18.4. The Bertz CT molecular complexity index is 1410. The Morgan fingerprint density at radius 2 is 1.82 bits per heavy atom. The van der Waals surface area contributed by atoms with Crippen molar-refractivity contribution in [2.24, 2.45) is 23.0 Å². The Morgan fingerprint density at radius 3 is 2.38 bits per heavy atom. The van der Waals surface area contributed by atoms with Crippen molar-refractivity contribution in [1.82, 2.24) is 4.90 Å². The van der Waals surface area contributed by atoms with Crippen molar-refractivity contribution in [2.75, 3.05) is 19.4 Å². The number of aromatic hydroxyl groups is 1. The highest BCUT2D eigenvalue weighted by atomic mass is 19.1. The van der Waals surface area contributed by atoms with Gasteiger partial charge in [-0.25, -0.2) is 4.39 Å². The average Bonchev–Trinajstić information content (AvgIpc) is 2.81. The van der Waals surface area contributed by atoms with Gasteiger partial charge in [0.2, 0.25) is 11.7 Å². The van der Waals surface area contributed by atoms with Crippen molar-refractivity contribution in [2.45, 2.75) is 58.1 Å². The number of nitrogens with two attached hydrogens (primary N) is 1. The molecule has 0 radical (unpaired) electrons. The van der Waals surface area contributed by atoms with Crippen LogP contribution < -0.4 is 11.1 Å². The molecule has 7 N–H and O–H groups in total. The maximum Gasteiger partial charge on any atom is 0.255 e. The Kier molecular flexibility index (Phi) is 7.09. The predicted octanol–water partition coefficient (Wildman–Crippen LogP) is 1.87. The number of phenolic OH excluding ortho intramolecular Hbond substituents is 1. The molecule has 3 aliphatic rings. The first-order valence-electron chi connectivity index (χ1n) is 12.9. The number of anilines is 1. The van der Waals surface area contributed by atoms with Crippen LogP contribution in [-0.4, -0.2) is 74.4 Å². The van der Waals surface area contributed by atoms with E-state index in [4.69, 9.17) is 5.73 Å². The lowest BCUT2D eigenvalue weighted by Gasteiger charge is -2.50. The smallest absolute Gasteiger partial charge is 0.255 e. The highest BCUT2D eigenvalue weighted by Gasteiger charge is 2.64. The number of ketones is 2. The van der Waals surface area contributed by atoms with Gasteiger partial charge in [0.25, 0.3) is 5.91 Å². The number of halogens is 1. The first kappa shape index (κ1) is 29.2. The summed E-state index contributed by atoms with van der Waals surface area (Å²) in [6.07, 6.45) is 0.302. The van der Waals surface area contributed by atoms with Crippen LogP contribution in [0.1, 0.15) is 51.2 Å². The third-order valence-electron chi connectivity index (χ3n) is 8.04. The Hall–Kier alpha value is -3.77. The lowest BCUT2D eigenvalue weighted by atomic mass is 9.57. The molecule has 1 aromatic rings. The zero-order chi connectivity index (χ0) is 30.1. The van der Waals surface area contributed by atoms with Crippen LogP contribution in [0.25, 0.3) is 5.76 Å². The summed E-state index contributed by atoms with van der Waals surface area (Å²) in [7, 11) is 2.98. The van der Waals surface area contributed by atoms with Gasteiger partial charge in [-0.3, -0.25) is 24.1 Å². The summed E-state index contributed by atoms with van der Waals surface area (Å²) >= 11 is 0. The van der Waals surface area contributed by atoms with Crippen LogP contribution in [0.5, 0.6) is 5.75 Å². The molecule has 0 aromatic heterocycles. The molecule has 4 atom stereocenters. The molecule has 0 unspecified atom stereocenters. The largest absolute Gasteiger partial charge is 0.508 e. The van der Waals surface area contributed by atoms with E-state index in [1.807, 2.05) is 20.8 Å². The van der Waals surface area contributed by atoms with Crippen molar-refractivity contribution in [3.8, 4) is 5.75 Å². The van der Waals surface area contributed by atoms with E-state index in [0.717, 1.165) is 0 Å². The minimum Gasteiger partial charge on any atom is -0.508 e. The molecule has 4 rings (SSSR count). The van der Waals surface area contributed by atoms with Crippen molar-refractivity contribution >= 4 is 34.8 Å². The molecule has 12 heteroatoms. The number of Topliss-reactive ketones (excluding diaryl/α,β-unsaturated/α-hetero) is 2. The molecule has 0 bridgehead atoms. The van der Waals surface area contributed by atoms with Gasteiger partial charge >= 0.3 is 0 Å². The van der Waals surface area contributed by atoms with Crippen LogP contribution in [-0.2, 0) is 25.6 Å². The summed E-state index contributed by atoms with van der Waals surface area (Å²) in [6, 6.07) is -0.542. The van der Waals surface area contributed by atoms with Gasteiger partial charge in [0.1, 0.15) is 22.8 Å². The fraction of sp³-hybridized carbons (Fsp3) is 0.500. The maximum atomic E-state index is 15.1. The van der Waals surface area contributed by atoms with Gasteiger partial charge in [0.15, 0.2) is 17.2 Å². The Morgan fingerprint density at radius 1 is 1.20 bits per heavy atom. The summed E-state index contributed by atoms with van der Waals surface area (Å²) in [4.78, 5) is 53.1. The van der Waals surface area contributed by atoms with Crippen LogP contribution in [0.15, 0.2) is 23.0 Å². The number of nitrogens with one attached hydrogen (secondary N) is 1. The van der Waals surface area contributed by atoms with E-state index < -0.39 is 75.5 Å². The number of nitrogens with zero attached hydrogens (tertiary/aromatic N) is 1. The molecule has 2 amide bonds. The number of benzene rings is 1. The van der Waals surface area contributed by atoms with Gasteiger partial charge in [-0.15, -0.1) is 0 Å². The number of amides is 2. The Labute approximate surface area is 230 Å². The van der Waals surface area contributed by atoms with Crippen molar-refractivity contribution in [3.63, 3.8) is 0 Å². The van der Waals surface area contributed by atoms with E-state index in [0.29, 0.717) is 12.5 Å². The number of carbonyl (C=O) groups is 4. The number of hydrogen-bond donors (Lipinski definition) is 6. The van der Waals surface area contributed by atoms with Crippen LogP contribution in [0, 0.1) is 23.1 Å². The SMILES string of the molecule is CN(C)[C@@H]1C(=O)C(C(N)=O)=C(O)[C@@]2(O)C(=O)C3=C(O)c4c(O)cc(F)c(NC(=O)CCC(C)(C)C)c4C[C@H]3C[C@@H]12. The zero-order valence-electron chi connectivity index (χ0n) is 23.0. The van der Waals surface area contributed by atoms with Crippen molar-refractivity contribution in [3.05, 3.63) is 39.9 Å². The molecule has 0 spiro atoms.